The molecule has 0 spiro atoms. The van der Waals surface area contributed by atoms with Gasteiger partial charge in [-0.25, -0.2) is 4.39 Å². The lowest BCUT2D eigenvalue weighted by molar-refractivity contribution is 0.102. The molecule has 0 radical (unpaired) electrons. The fourth-order valence-electron chi connectivity index (χ4n) is 1.70. The molecule has 1 aromatic heterocycles. The molecule has 0 saturated heterocycles. The molecule has 1 aromatic carbocycles. The average molecular weight is 283 g/mol. The Labute approximate surface area is 122 Å². The predicted molar refractivity (Wildman–Crippen MR) is 79.3 cm³/mol. The van der Waals surface area contributed by atoms with E-state index >= 15 is 0 Å². The van der Waals surface area contributed by atoms with Gasteiger partial charge in [0, 0.05) is 11.3 Å². The van der Waals surface area contributed by atoms with Crippen molar-refractivity contribution in [3.05, 3.63) is 59.2 Å². The van der Waals surface area contributed by atoms with Crippen LogP contribution in [0, 0.1) is 24.6 Å². The van der Waals surface area contributed by atoms with Gasteiger partial charge in [-0.3, -0.25) is 9.78 Å². The highest BCUT2D eigenvalue weighted by Crippen LogP contribution is 2.14. The number of nitrogens with one attached hydrogen (secondary N) is 1. The van der Waals surface area contributed by atoms with E-state index < -0.39 is 11.7 Å². The lowest BCUT2D eigenvalue weighted by atomic mass is 10.1. The molecule has 2 aromatic rings. The number of aromatic nitrogens is 1. The number of anilines is 1. The van der Waals surface area contributed by atoms with E-state index in [2.05, 4.69) is 22.1 Å². The van der Waals surface area contributed by atoms with Crippen LogP contribution in [-0.4, -0.2) is 17.4 Å². The molecule has 21 heavy (non-hydrogen) atoms. The maximum Gasteiger partial charge on any atom is 0.257 e. The first-order valence-corrected chi connectivity index (χ1v) is 6.32. The van der Waals surface area contributed by atoms with Crippen molar-refractivity contribution in [1.82, 2.24) is 4.98 Å². The third kappa shape index (κ3) is 3.88. The van der Waals surface area contributed by atoms with Crippen molar-refractivity contribution in [2.45, 2.75) is 6.92 Å². The molecule has 0 bridgehead atoms. The van der Waals surface area contributed by atoms with Gasteiger partial charge >= 0.3 is 0 Å². The number of hydrogen-bond donors (Lipinski definition) is 2. The molecule has 0 aliphatic heterocycles. The number of nitrogens with two attached hydrogens (primary N) is 1. The van der Waals surface area contributed by atoms with E-state index in [1.165, 1.54) is 18.3 Å². The third-order valence-corrected chi connectivity index (χ3v) is 2.72. The van der Waals surface area contributed by atoms with E-state index in [0.717, 1.165) is 11.8 Å². The average Bonchev–Trinajstić information content (AvgIpc) is 2.48. The van der Waals surface area contributed by atoms with Crippen LogP contribution in [0.1, 0.15) is 21.6 Å². The molecule has 0 aliphatic carbocycles. The Morgan fingerprint density at radius 1 is 1.38 bits per heavy atom. The van der Waals surface area contributed by atoms with E-state index in [-0.39, 0.29) is 12.1 Å². The molecular weight excluding hydrogens is 269 g/mol. The summed E-state index contributed by atoms with van der Waals surface area (Å²) in [6.45, 7) is 2.01. The van der Waals surface area contributed by atoms with Gasteiger partial charge in [0.05, 0.1) is 24.0 Å². The molecule has 1 heterocycles. The van der Waals surface area contributed by atoms with Gasteiger partial charge in [0.1, 0.15) is 5.82 Å². The van der Waals surface area contributed by atoms with E-state index in [9.17, 15) is 9.18 Å². The van der Waals surface area contributed by atoms with Crippen molar-refractivity contribution in [3.8, 4) is 11.8 Å². The van der Waals surface area contributed by atoms with Crippen LogP contribution in [0.5, 0.6) is 0 Å². The summed E-state index contributed by atoms with van der Waals surface area (Å²) in [5.41, 5.74) is 7.28. The van der Waals surface area contributed by atoms with Crippen molar-refractivity contribution < 1.29 is 9.18 Å². The first kappa shape index (κ1) is 14.7. The number of pyridine rings is 1. The molecular formula is C16H14FN3O. The molecule has 106 valence electrons. The third-order valence-electron chi connectivity index (χ3n) is 2.72. The van der Waals surface area contributed by atoms with Crippen LogP contribution in [-0.2, 0) is 0 Å². The minimum absolute atomic E-state index is 0.163. The Morgan fingerprint density at radius 3 is 2.86 bits per heavy atom. The molecule has 4 nitrogen and oxygen atoms in total. The second-order valence-electron chi connectivity index (χ2n) is 4.34. The van der Waals surface area contributed by atoms with E-state index in [4.69, 9.17) is 5.73 Å². The number of hydrogen-bond acceptors (Lipinski definition) is 3. The summed E-state index contributed by atoms with van der Waals surface area (Å²) < 4.78 is 13.4. The molecule has 0 saturated carbocycles. The van der Waals surface area contributed by atoms with Gasteiger partial charge < -0.3 is 11.1 Å². The Morgan fingerprint density at radius 2 is 2.19 bits per heavy atom. The van der Waals surface area contributed by atoms with Crippen LogP contribution in [0.25, 0.3) is 0 Å². The SMILES string of the molecule is Cc1ccc(NC(=O)c2cc(F)ccc2C#CCN)cn1. The summed E-state index contributed by atoms with van der Waals surface area (Å²) in [6, 6.07) is 7.36. The molecule has 3 N–H and O–H groups in total. The quantitative estimate of drug-likeness (QED) is 0.829. The van der Waals surface area contributed by atoms with Crippen molar-refractivity contribution >= 4 is 11.6 Å². The first-order chi connectivity index (χ1) is 10.1. The number of amides is 1. The smallest absolute Gasteiger partial charge is 0.257 e. The van der Waals surface area contributed by atoms with Gasteiger partial charge in [0.15, 0.2) is 0 Å². The monoisotopic (exact) mass is 283 g/mol. The zero-order valence-electron chi connectivity index (χ0n) is 11.5. The number of aryl methyl sites for hydroxylation is 1. The minimum Gasteiger partial charge on any atom is -0.321 e. The summed E-state index contributed by atoms with van der Waals surface area (Å²) >= 11 is 0. The second kappa shape index (κ2) is 6.64. The summed E-state index contributed by atoms with van der Waals surface area (Å²) in [5, 5.41) is 2.66. The topological polar surface area (TPSA) is 68.0 Å². The van der Waals surface area contributed by atoms with Gasteiger partial charge in [0.25, 0.3) is 5.91 Å². The van der Waals surface area contributed by atoms with E-state index in [1.807, 2.05) is 6.92 Å². The standard InChI is InChI=1S/C16H14FN3O/c1-11-4-7-14(10-19-11)20-16(21)15-9-13(17)6-5-12(15)3-2-8-18/h4-7,9-10H,8,18H2,1H3,(H,20,21). The molecule has 0 atom stereocenters. The predicted octanol–water partition coefficient (Wildman–Crippen LogP) is 2.09. The maximum absolute atomic E-state index is 13.4. The van der Waals surface area contributed by atoms with Gasteiger partial charge in [0.2, 0.25) is 0 Å². The maximum atomic E-state index is 13.4. The highest BCUT2D eigenvalue weighted by Gasteiger charge is 2.12. The van der Waals surface area contributed by atoms with Crippen LogP contribution in [0.15, 0.2) is 36.5 Å². The van der Waals surface area contributed by atoms with Gasteiger partial charge in [-0.05, 0) is 37.3 Å². The van der Waals surface area contributed by atoms with Gasteiger partial charge in [-0.2, -0.15) is 0 Å². The Kier molecular flexibility index (Phi) is 4.64. The van der Waals surface area contributed by atoms with Crippen LogP contribution < -0.4 is 11.1 Å². The second-order valence-corrected chi connectivity index (χ2v) is 4.34. The zero-order valence-corrected chi connectivity index (χ0v) is 11.5. The molecule has 5 heteroatoms. The fourth-order valence-corrected chi connectivity index (χ4v) is 1.70. The van der Waals surface area contributed by atoms with Gasteiger partial charge in [-0.15, -0.1) is 0 Å². The summed E-state index contributed by atoms with van der Waals surface area (Å²) in [6.07, 6.45) is 1.54. The largest absolute Gasteiger partial charge is 0.321 e. The van der Waals surface area contributed by atoms with Crippen LogP contribution in [0.2, 0.25) is 0 Å². The van der Waals surface area contributed by atoms with Crippen LogP contribution in [0.4, 0.5) is 10.1 Å². The summed E-state index contributed by atoms with van der Waals surface area (Å²) in [5.74, 6) is 4.47. The number of benzene rings is 1. The normalized spacial score (nSPS) is 9.67. The number of carbonyl (C=O) groups excluding carboxylic acids is 1. The Balaban J connectivity index is 2.29. The van der Waals surface area contributed by atoms with Crippen LogP contribution in [0.3, 0.4) is 0 Å². The lowest BCUT2D eigenvalue weighted by Crippen LogP contribution is -2.14. The zero-order chi connectivity index (χ0) is 15.2. The molecule has 0 fully saturated rings. The Hall–Kier alpha value is -2.71. The number of rotatable bonds is 2. The van der Waals surface area contributed by atoms with E-state index in [0.29, 0.717) is 11.3 Å². The number of halogens is 1. The summed E-state index contributed by atoms with van der Waals surface area (Å²) in [4.78, 5) is 16.3. The fraction of sp³-hybridized carbons (Fsp3) is 0.125. The van der Waals surface area contributed by atoms with Gasteiger partial charge in [-0.1, -0.05) is 11.8 Å². The first-order valence-electron chi connectivity index (χ1n) is 6.32. The number of carbonyl (C=O) groups is 1. The van der Waals surface area contributed by atoms with Crippen LogP contribution >= 0.6 is 0 Å². The van der Waals surface area contributed by atoms with Crippen molar-refractivity contribution in [1.29, 1.82) is 0 Å². The van der Waals surface area contributed by atoms with Crippen molar-refractivity contribution in [2.24, 2.45) is 5.73 Å². The highest BCUT2D eigenvalue weighted by atomic mass is 19.1. The Bertz CT molecular complexity index is 715. The molecule has 1 amide bonds. The molecule has 0 aliphatic rings. The minimum atomic E-state index is -0.500. The molecule has 2 rings (SSSR count). The molecule has 0 unspecified atom stereocenters. The summed E-state index contributed by atoms with van der Waals surface area (Å²) in [7, 11) is 0. The lowest BCUT2D eigenvalue weighted by Gasteiger charge is -2.07. The number of nitrogens with zero attached hydrogens (tertiary/aromatic N) is 1. The van der Waals surface area contributed by atoms with E-state index in [1.54, 1.807) is 12.1 Å². The van der Waals surface area contributed by atoms with Crippen molar-refractivity contribution in [3.63, 3.8) is 0 Å². The highest BCUT2D eigenvalue weighted by molar-refractivity contribution is 6.05. The van der Waals surface area contributed by atoms with Crippen molar-refractivity contribution in [2.75, 3.05) is 11.9 Å².